The highest BCUT2D eigenvalue weighted by molar-refractivity contribution is 6.20. The lowest BCUT2D eigenvalue weighted by Crippen LogP contribution is -2.23. The molecule has 0 radical (unpaired) electrons. The van der Waals surface area contributed by atoms with Gasteiger partial charge in [-0.3, -0.25) is 4.79 Å². The van der Waals surface area contributed by atoms with Crippen molar-refractivity contribution in [2.75, 3.05) is 27.2 Å². The van der Waals surface area contributed by atoms with Crippen LogP contribution >= 0.6 is 24.0 Å². The molecule has 0 bridgehead atoms. The molecule has 0 saturated carbocycles. The van der Waals surface area contributed by atoms with Crippen molar-refractivity contribution in [2.24, 2.45) is 0 Å². The number of carbonyl (C=O) groups is 1. The number of rotatable bonds is 8. The Morgan fingerprint density at radius 1 is 1.35 bits per heavy atom. The molecule has 0 aliphatic rings. The summed E-state index contributed by atoms with van der Waals surface area (Å²) in [5, 5.41) is 8.53. The van der Waals surface area contributed by atoms with Crippen LogP contribution in [0.5, 0.6) is 5.75 Å². The number of alkyl halides is 1. The van der Waals surface area contributed by atoms with Crippen LogP contribution in [-0.2, 0) is 4.79 Å². The van der Waals surface area contributed by atoms with E-state index < -0.39 is 5.97 Å². The number of methoxy groups -OCH3 is 1. The zero-order chi connectivity index (χ0) is 14.3. The summed E-state index contributed by atoms with van der Waals surface area (Å²) in [6.07, 6.45) is 0.940. The van der Waals surface area contributed by atoms with Crippen LogP contribution in [0.1, 0.15) is 23.8 Å². The monoisotopic (exact) mass is 321 g/mol. The predicted octanol–water partition coefficient (Wildman–Crippen LogP) is 3.19. The van der Waals surface area contributed by atoms with E-state index in [2.05, 4.69) is 0 Å². The maximum Gasteiger partial charge on any atom is 0.304 e. The quantitative estimate of drug-likeness (QED) is 0.747. The van der Waals surface area contributed by atoms with Crippen molar-refractivity contribution in [3.8, 4) is 5.75 Å². The van der Waals surface area contributed by atoms with E-state index >= 15 is 0 Å². The molecule has 1 rings (SSSR count). The minimum Gasteiger partial charge on any atom is -0.497 e. The minimum absolute atomic E-state index is 0. The summed E-state index contributed by atoms with van der Waals surface area (Å²) in [4.78, 5) is 12.4. The number of halogens is 2. The van der Waals surface area contributed by atoms with Crippen molar-refractivity contribution < 1.29 is 14.6 Å². The first-order chi connectivity index (χ1) is 9.02. The molecule has 0 fully saturated rings. The van der Waals surface area contributed by atoms with Gasteiger partial charge in [0.2, 0.25) is 0 Å². The lowest BCUT2D eigenvalue weighted by atomic mass is 10.1. The summed E-state index contributed by atoms with van der Waals surface area (Å²) in [6, 6.07) is 7.68. The van der Waals surface area contributed by atoms with E-state index in [-0.39, 0.29) is 24.2 Å². The molecule has 0 aliphatic heterocycles. The average Bonchev–Trinajstić information content (AvgIpc) is 2.42. The smallest absolute Gasteiger partial charge is 0.304 e. The van der Waals surface area contributed by atoms with Crippen molar-refractivity contribution in [1.29, 1.82) is 0 Å². The Labute approximate surface area is 131 Å². The summed E-state index contributed by atoms with van der Waals surface area (Å²) < 4.78 is 5.09. The third-order valence-electron chi connectivity index (χ3n) is 2.95. The number of hydrogen-bond acceptors (Lipinski definition) is 3. The van der Waals surface area contributed by atoms with Gasteiger partial charge < -0.3 is 14.7 Å². The van der Waals surface area contributed by atoms with Gasteiger partial charge in [0.05, 0.1) is 18.9 Å². The van der Waals surface area contributed by atoms with Crippen LogP contribution in [0.15, 0.2) is 24.3 Å². The van der Waals surface area contributed by atoms with Gasteiger partial charge in [0.25, 0.3) is 0 Å². The second kappa shape index (κ2) is 9.86. The van der Waals surface area contributed by atoms with Crippen LogP contribution in [-0.4, -0.2) is 43.2 Å². The van der Waals surface area contributed by atoms with Crippen LogP contribution in [0.25, 0.3) is 0 Å². The molecule has 1 unspecified atom stereocenters. The van der Waals surface area contributed by atoms with Crippen molar-refractivity contribution in [3.63, 3.8) is 0 Å². The maximum absolute atomic E-state index is 10.5. The first-order valence-electron chi connectivity index (χ1n) is 6.21. The number of ether oxygens (including phenoxy) is 1. The fourth-order valence-electron chi connectivity index (χ4n) is 1.71. The molecule has 1 aromatic carbocycles. The first kappa shape index (κ1) is 19.0. The van der Waals surface area contributed by atoms with E-state index in [1.54, 1.807) is 7.11 Å². The van der Waals surface area contributed by atoms with Gasteiger partial charge in [-0.1, -0.05) is 12.1 Å². The van der Waals surface area contributed by atoms with Crippen molar-refractivity contribution in [2.45, 2.75) is 18.2 Å². The standard InChI is InChI=1S/C14H20ClNO3.ClH/c1-16(10-8-14(17)18)9-7-13(15)11-3-5-12(19-2)6-4-11;/h3-6,13H,7-10H2,1-2H3,(H,17,18);1H. The Morgan fingerprint density at radius 2 is 1.95 bits per heavy atom. The molecule has 1 aromatic rings. The van der Waals surface area contributed by atoms with Gasteiger partial charge >= 0.3 is 5.97 Å². The van der Waals surface area contributed by atoms with Crippen LogP contribution in [0, 0.1) is 0 Å². The molecular weight excluding hydrogens is 301 g/mol. The fraction of sp³-hybridized carbons (Fsp3) is 0.500. The Hall–Kier alpha value is -0.970. The van der Waals surface area contributed by atoms with E-state index in [0.29, 0.717) is 6.54 Å². The number of carboxylic acids is 1. The van der Waals surface area contributed by atoms with Gasteiger partial charge in [0.15, 0.2) is 0 Å². The van der Waals surface area contributed by atoms with Gasteiger partial charge in [-0.25, -0.2) is 0 Å². The summed E-state index contributed by atoms with van der Waals surface area (Å²) in [6.45, 7) is 1.31. The first-order valence-corrected chi connectivity index (χ1v) is 6.65. The van der Waals surface area contributed by atoms with Crippen molar-refractivity contribution in [3.05, 3.63) is 29.8 Å². The Morgan fingerprint density at radius 3 is 2.45 bits per heavy atom. The molecule has 0 spiro atoms. The SMILES string of the molecule is COc1ccc(C(Cl)CCN(C)CCC(=O)O)cc1.Cl. The zero-order valence-corrected chi connectivity index (χ0v) is 13.3. The Kier molecular flexibility index (Phi) is 9.38. The molecule has 1 N–H and O–H groups in total. The largest absolute Gasteiger partial charge is 0.497 e. The highest BCUT2D eigenvalue weighted by Gasteiger charge is 2.10. The molecule has 6 heteroatoms. The second-order valence-electron chi connectivity index (χ2n) is 4.48. The van der Waals surface area contributed by atoms with E-state index in [4.69, 9.17) is 21.4 Å². The van der Waals surface area contributed by atoms with Crippen molar-refractivity contribution in [1.82, 2.24) is 4.90 Å². The van der Waals surface area contributed by atoms with Gasteiger partial charge in [0.1, 0.15) is 5.75 Å². The summed E-state index contributed by atoms with van der Waals surface area (Å²) in [5.41, 5.74) is 1.05. The minimum atomic E-state index is -0.774. The molecular formula is C14H21Cl2NO3. The molecule has 0 aliphatic carbocycles. The van der Waals surface area contributed by atoms with Gasteiger partial charge in [-0.2, -0.15) is 0 Å². The third kappa shape index (κ3) is 6.98. The van der Waals surface area contributed by atoms with E-state index in [1.165, 1.54) is 0 Å². The third-order valence-corrected chi connectivity index (χ3v) is 3.42. The van der Waals surface area contributed by atoms with Crippen LogP contribution in [0.4, 0.5) is 0 Å². The van der Waals surface area contributed by atoms with Crippen molar-refractivity contribution >= 4 is 30.0 Å². The Bertz CT molecular complexity index is 398. The molecule has 0 saturated heterocycles. The highest BCUT2D eigenvalue weighted by Crippen LogP contribution is 2.26. The van der Waals surface area contributed by atoms with Gasteiger partial charge in [-0.15, -0.1) is 24.0 Å². The molecule has 20 heavy (non-hydrogen) atoms. The average molecular weight is 322 g/mol. The summed E-state index contributed by atoms with van der Waals surface area (Å²) in [7, 11) is 3.53. The zero-order valence-electron chi connectivity index (χ0n) is 11.7. The summed E-state index contributed by atoms with van der Waals surface area (Å²) in [5.74, 6) is 0.0376. The molecule has 114 valence electrons. The summed E-state index contributed by atoms with van der Waals surface area (Å²) >= 11 is 6.32. The number of carboxylic acid groups (broad SMARTS) is 1. The topological polar surface area (TPSA) is 49.8 Å². The second-order valence-corrected chi connectivity index (χ2v) is 5.00. The lowest BCUT2D eigenvalue weighted by Gasteiger charge is -2.17. The molecule has 0 heterocycles. The van der Waals surface area contributed by atoms with Gasteiger partial charge in [0, 0.05) is 6.54 Å². The number of nitrogens with zero attached hydrogens (tertiary/aromatic N) is 1. The molecule has 0 amide bonds. The van der Waals surface area contributed by atoms with Crippen LogP contribution < -0.4 is 4.74 Å². The predicted molar refractivity (Wildman–Crippen MR) is 83.2 cm³/mol. The number of aliphatic carboxylic acids is 1. The van der Waals surface area contributed by atoms with E-state index in [1.807, 2.05) is 36.2 Å². The van der Waals surface area contributed by atoms with E-state index in [0.717, 1.165) is 24.3 Å². The maximum atomic E-state index is 10.5. The molecule has 0 aromatic heterocycles. The van der Waals surface area contributed by atoms with E-state index in [9.17, 15) is 4.79 Å². The number of hydrogen-bond donors (Lipinski definition) is 1. The molecule has 4 nitrogen and oxygen atoms in total. The fourth-order valence-corrected chi connectivity index (χ4v) is 1.95. The van der Waals surface area contributed by atoms with Crippen LogP contribution in [0.2, 0.25) is 0 Å². The van der Waals surface area contributed by atoms with Crippen LogP contribution in [0.3, 0.4) is 0 Å². The number of benzene rings is 1. The Balaban J connectivity index is 0.00000361. The highest BCUT2D eigenvalue weighted by atomic mass is 35.5. The molecule has 1 atom stereocenters. The van der Waals surface area contributed by atoms with Gasteiger partial charge in [-0.05, 0) is 37.7 Å². The normalized spacial score (nSPS) is 11.8. The lowest BCUT2D eigenvalue weighted by molar-refractivity contribution is -0.137.